The molecule has 0 bridgehead atoms. The van der Waals surface area contributed by atoms with Crippen molar-refractivity contribution in [1.82, 2.24) is 4.98 Å². The molecule has 0 atom stereocenters. The van der Waals surface area contributed by atoms with Crippen molar-refractivity contribution in [1.29, 1.82) is 0 Å². The van der Waals surface area contributed by atoms with Crippen molar-refractivity contribution in [2.75, 3.05) is 0 Å². The molecule has 0 aromatic carbocycles. The fraction of sp³-hybridized carbons (Fsp3) is 0.222. The van der Waals surface area contributed by atoms with Crippen LogP contribution in [0, 0.1) is 6.92 Å². The highest BCUT2D eigenvalue weighted by molar-refractivity contribution is 7.12. The monoisotopic (exact) mass is 195 g/mol. The highest BCUT2D eigenvalue weighted by Gasteiger charge is 2.00. The van der Waals surface area contributed by atoms with Crippen molar-refractivity contribution in [3.63, 3.8) is 0 Å². The van der Waals surface area contributed by atoms with Gasteiger partial charge in [0.15, 0.2) is 0 Å². The molecular weight excluding hydrogens is 186 g/mol. The molecule has 0 saturated heterocycles. The number of nitrogens with zero attached hydrogens (tertiary/aromatic N) is 1. The normalized spacial score (nSPS) is 10.4. The molecule has 3 heteroatoms. The van der Waals surface area contributed by atoms with Crippen molar-refractivity contribution in [3.8, 4) is 0 Å². The van der Waals surface area contributed by atoms with Gasteiger partial charge in [0, 0.05) is 22.4 Å². The van der Waals surface area contributed by atoms with E-state index in [0.29, 0.717) is 0 Å². The van der Waals surface area contributed by atoms with Gasteiger partial charge in [-0.1, -0.05) is 6.07 Å². The zero-order valence-corrected chi connectivity index (χ0v) is 8.41. The van der Waals surface area contributed by atoms with E-state index in [1.165, 1.54) is 14.8 Å². The quantitative estimate of drug-likeness (QED) is 0.717. The van der Waals surface area contributed by atoms with Gasteiger partial charge in [-0.25, -0.2) is 4.98 Å². The lowest BCUT2D eigenvalue weighted by Crippen LogP contribution is -1.80. The zero-order valence-electron chi connectivity index (χ0n) is 6.78. The van der Waals surface area contributed by atoms with E-state index in [2.05, 4.69) is 29.4 Å². The minimum atomic E-state index is 0.996. The first kappa shape index (κ1) is 7.95. The van der Waals surface area contributed by atoms with Gasteiger partial charge in [0.1, 0.15) is 0 Å². The number of aromatic nitrogens is 1. The molecule has 0 radical (unpaired) electrons. The number of aryl methyl sites for hydroxylation is 1. The first-order valence-electron chi connectivity index (χ1n) is 3.78. The van der Waals surface area contributed by atoms with Crippen LogP contribution in [0.4, 0.5) is 0 Å². The Morgan fingerprint density at radius 3 is 3.00 bits per heavy atom. The van der Waals surface area contributed by atoms with Gasteiger partial charge in [-0.05, 0) is 18.4 Å². The van der Waals surface area contributed by atoms with Crippen LogP contribution in [0.15, 0.2) is 23.7 Å². The lowest BCUT2D eigenvalue weighted by Gasteiger charge is -1.89. The number of rotatable bonds is 2. The molecule has 0 aliphatic heterocycles. The average Bonchev–Trinajstić information content (AvgIpc) is 2.63. The third-order valence-corrected chi connectivity index (χ3v) is 3.36. The number of hydrogen-bond acceptors (Lipinski definition) is 3. The molecule has 2 heterocycles. The summed E-state index contributed by atoms with van der Waals surface area (Å²) in [5.41, 5.74) is 0. The summed E-state index contributed by atoms with van der Waals surface area (Å²) in [7, 11) is 0. The van der Waals surface area contributed by atoms with E-state index in [1.54, 1.807) is 22.7 Å². The van der Waals surface area contributed by atoms with E-state index < -0.39 is 0 Å². The second kappa shape index (κ2) is 3.37. The van der Waals surface area contributed by atoms with E-state index in [4.69, 9.17) is 0 Å². The molecular formula is C9H9NS2. The summed E-state index contributed by atoms with van der Waals surface area (Å²) in [6.45, 7) is 2.09. The molecule has 0 unspecified atom stereocenters. The van der Waals surface area contributed by atoms with Crippen LogP contribution in [0.1, 0.15) is 14.8 Å². The molecule has 0 amide bonds. The molecule has 2 aromatic heterocycles. The van der Waals surface area contributed by atoms with Crippen molar-refractivity contribution >= 4 is 22.7 Å². The van der Waals surface area contributed by atoms with Gasteiger partial charge in [0.05, 0.1) is 5.01 Å². The molecule has 2 aromatic rings. The minimum absolute atomic E-state index is 0.996. The lowest BCUT2D eigenvalue weighted by molar-refractivity contribution is 1.17. The molecule has 0 fully saturated rings. The SMILES string of the molecule is Cc1cnc(Cc2cccs2)s1. The summed E-state index contributed by atoms with van der Waals surface area (Å²) in [5.74, 6) is 0. The molecule has 0 aliphatic carbocycles. The fourth-order valence-electron chi connectivity index (χ4n) is 1.05. The van der Waals surface area contributed by atoms with E-state index in [0.717, 1.165) is 6.42 Å². The van der Waals surface area contributed by atoms with E-state index >= 15 is 0 Å². The Labute approximate surface area is 79.7 Å². The average molecular weight is 195 g/mol. The van der Waals surface area contributed by atoms with Crippen LogP contribution in [-0.4, -0.2) is 4.98 Å². The van der Waals surface area contributed by atoms with Crippen molar-refractivity contribution in [3.05, 3.63) is 38.5 Å². The molecule has 2 rings (SSSR count). The first-order chi connectivity index (χ1) is 5.84. The standard InChI is InChI=1S/C9H9NS2/c1-7-6-10-9(12-7)5-8-3-2-4-11-8/h2-4,6H,5H2,1H3. The van der Waals surface area contributed by atoms with Crippen LogP contribution < -0.4 is 0 Å². The summed E-state index contributed by atoms with van der Waals surface area (Å²) in [6.07, 6.45) is 2.93. The molecule has 12 heavy (non-hydrogen) atoms. The highest BCUT2D eigenvalue weighted by Crippen LogP contribution is 2.18. The maximum absolute atomic E-state index is 4.32. The second-order valence-electron chi connectivity index (χ2n) is 2.62. The Balaban J connectivity index is 2.14. The van der Waals surface area contributed by atoms with E-state index in [9.17, 15) is 0 Å². The zero-order chi connectivity index (χ0) is 8.39. The fourth-order valence-corrected chi connectivity index (χ4v) is 2.66. The topological polar surface area (TPSA) is 12.9 Å². The van der Waals surface area contributed by atoms with Crippen LogP contribution in [0.25, 0.3) is 0 Å². The maximum Gasteiger partial charge on any atom is 0.0979 e. The van der Waals surface area contributed by atoms with Gasteiger partial charge in [0.2, 0.25) is 0 Å². The largest absolute Gasteiger partial charge is 0.249 e. The van der Waals surface area contributed by atoms with Gasteiger partial charge in [-0.2, -0.15) is 0 Å². The predicted octanol–water partition coefficient (Wildman–Crippen LogP) is 3.10. The maximum atomic E-state index is 4.32. The molecule has 0 spiro atoms. The summed E-state index contributed by atoms with van der Waals surface area (Å²) >= 11 is 3.58. The smallest absolute Gasteiger partial charge is 0.0979 e. The second-order valence-corrected chi connectivity index (χ2v) is 4.97. The molecule has 0 saturated carbocycles. The summed E-state index contributed by atoms with van der Waals surface area (Å²) < 4.78 is 0. The summed E-state index contributed by atoms with van der Waals surface area (Å²) in [5, 5.41) is 3.32. The molecule has 0 N–H and O–H groups in total. The Morgan fingerprint density at radius 1 is 1.50 bits per heavy atom. The number of thiophene rings is 1. The van der Waals surface area contributed by atoms with E-state index in [-0.39, 0.29) is 0 Å². The first-order valence-corrected chi connectivity index (χ1v) is 5.48. The Morgan fingerprint density at radius 2 is 2.42 bits per heavy atom. The van der Waals surface area contributed by atoms with Gasteiger partial charge in [-0.15, -0.1) is 22.7 Å². The van der Waals surface area contributed by atoms with Gasteiger partial charge >= 0.3 is 0 Å². The molecule has 0 aliphatic rings. The number of hydrogen-bond donors (Lipinski definition) is 0. The Bertz CT molecular complexity index is 348. The summed E-state index contributed by atoms with van der Waals surface area (Å²) in [4.78, 5) is 7.00. The van der Waals surface area contributed by atoms with Crippen LogP contribution in [0.5, 0.6) is 0 Å². The van der Waals surface area contributed by atoms with Crippen molar-refractivity contribution in [2.24, 2.45) is 0 Å². The predicted molar refractivity (Wildman–Crippen MR) is 54.0 cm³/mol. The Hall–Kier alpha value is -0.670. The van der Waals surface area contributed by atoms with Crippen molar-refractivity contribution < 1.29 is 0 Å². The van der Waals surface area contributed by atoms with Crippen LogP contribution in [0.2, 0.25) is 0 Å². The van der Waals surface area contributed by atoms with E-state index in [1.807, 2.05) is 6.20 Å². The van der Waals surface area contributed by atoms with Crippen LogP contribution in [0.3, 0.4) is 0 Å². The highest BCUT2D eigenvalue weighted by atomic mass is 32.1. The van der Waals surface area contributed by atoms with Crippen LogP contribution >= 0.6 is 22.7 Å². The minimum Gasteiger partial charge on any atom is -0.249 e. The lowest BCUT2D eigenvalue weighted by atomic mass is 10.4. The Kier molecular flexibility index (Phi) is 2.23. The third-order valence-electron chi connectivity index (χ3n) is 1.57. The molecule has 62 valence electrons. The van der Waals surface area contributed by atoms with Gasteiger partial charge in [-0.3, -0.25) is 0 Å². The third kappa shape index (κ3) is 1.73. The van der Waals surface area contributed by atoms with Gasteiger partial charge in [0.25, 0.3) is 0 Å². The van der Waals surface area contributed by atoms with Gasteiger partial charge < -0.3 is 0 Å². The van der Waals surface area contributed by atoms with Crippen molar-refractivity contribution in [2.45, 2.75) is 13.3 Å². The van der Waals surface area contributed by atoms with Crippen LogP contribution in [-0.2, 0) is 6.42 Å². The number of thiazole rings is 1. The summed E-state index contributed by atoms with van der Waals surface area (Å²) in [6, 6.07) is 4.24. The molecule has 1 nitrogen and oxygen atoms in total.